The zero-order valence-corrected chi connectivity index (χ0v) is 10.1. The number of aryl methyl sites for hydroxylation is 1. The number of nitrogens with zero attached hydrogens (tertiary/aromatic N) is 4. The molecule has 1 aliphatic carbocycles. The van der Waals surface area contributed by atoms with Crippen LogP contribution in [-0.2, 0) is 0 Å². The van der Waals surface area contributed by atoms with Gasteiger partial charge in [0.25, 0.3) is 0 Å². The molecule has 1 heterocycles. The molecule has 0 atom stereocenters. The van der Waals surface area contributed by atoms with Gasteiger partial charge in [-0.3, -0.25) is 0 Å². The largest absolute Gasteiger partial charge is 0.171 e. The second kappa shape index (κ2) is 6.53. The van der Waals surface area contributed by atoms with Crippen molar-refractivity contribution in [3.63, 3.8) is 0 Å². The summed E-state index contributed by atoms with van der Waals surface area (Å²) in [4.78, 5) is 1.77. The molecule has 2 rings (SSSR count). The number of rotatable bonds is 2. The van der Waals surface area contributed by atoms with E-state index in [1.165, 1.54) is 38.5 Å². The van der Waals surface area contributed by atoms with Gasteiger partial charge in [-0.15, -0.1) is 10.2 Å². The fourth-order valence-electron chi connectivity index (χ4n) is 1.59. The van der Waals surface area contributed by atoms with E-state index in [1.54, 1.807) is 4.80 Å². The predicted molar refractivity (Wildman–Crippen MR) is 60.6 cm³/mol. The lowest BCUT2D eigenvalue weighted by atomic mass is 10.3. The molecule has 1 aromatic rings. The Kier molecular flexibility index (Phi) is 5.29. The van der Waals surface area contributed by atoms with E-state index >= 15 is 0 Å². The summed E-state index contributed by atoms with van der Waals surface area (Å²) in [6.07, 6.45) is 7.70. The van der Waals surface area contributed by atoms with Gasteiger partial charge in [0, 0.05) is 0 Å². The van der Waals surface area contributed by atoms with Crippen LogP contribution in [0.3, 0.4) is 0 Å². The van der Waals surface area contributed by atoms with Crippen molar-refractivity contribution in [1.29, 1.82) is 0 Å². The third-order valence-electron chi connectivity index (χ3n) is 2.68. The molecule has 0 amide bonds. The van der Waals surface area contributed by atoms with Crippen LogP contribution in [0.2, 0.25) is 0 Å². The van der Waals surface area contributed by atoms with E-state index in [-0.39, 0.29) is 0 Å². The van der Waals surface area contributed by atoms with Crippen molar-refractivity contribution in [2.75, 3.05) is 0 Å². The Morgan fingerprint density at radius 2 is 1.80 bits per heavy atom. The smallest absolute Gasteiger partial charge is 0.161 e. The van der Waals surface area contributed by atoms with E-state index in [2.05, 4.69) is 29.3 Å². The molecular weight excluding hydrogens is 188 g/mol. The molecule has 0 spiro atoms. The third kappa shape index (κ3) is 3.98. The number of tetrazole rings is 1. The molecule has 15 heavy (non-hydrogen) atoms. The molecule has 4 heteroatoms. The summed E-state index contributed by atoms with van der Waals surface area (Å²) in [5.41, 5.74) is 0. The molecule has 0 N–H and O–H groups in total. The molecule has 0 bridgehead atoms. The predicted octanol–water partition coefficient (Wildman–Crippen LogP) is 2.90. The first-order valence-corrected chi connectivity index (χ1v) is 6.04. The van der Waals surface area contributed by atoms with Crippen LogP contribution in [0.5, 0.6) is 0 Å². The van der Waals surface area contributed by atoms with Crippen molar-refractivity contribution in [3.8, 4) is 0 Å². The van der Waals surface area contributed by atoms with Gasteiger partial charge >= 0.3 is 0 Å². The van der Waals surface area contributed by atoms with Crippen LogP contribution in [0.1, 0.15) is 64.2 Å². The molecule has 0 radical (unpaired) electrons. The Balaban J connectivity index is 0.000000245. The van der Waals surface area contributed by atoms with E-state index < -0.39 is 0 Å². The molecule has 86 valence electrons. The van der Waals surface area contributed by atoms with Crippen molar-refractivity contribution < 1.29 is 0 Å². The first-order valence-electron chi connectivity index (χ1n) is 6.04. The van der Waals surface area contributed by atoms with Crippen LogP contribution >= 0.6 is 0 Å². The second-order valence-corrected chi connectivity index (χ2v) is 4.10. The molecular formula is C11H22N4. The van der Waals surface area contributed by atoms with E-state index in [0.717, 1.165) is 5.82 Å². The Bertz CT molecular complexity index is 261. The lowest BCUT2D eigenvalue weighted by Gasteiger charge is -2.04. The van der Waals surface area contributed by atoms with Gasteiger partial charge in [-0.1, -0.05) is 39.5 Å². The monoisotopic (exact) mass is 210 g/mol. The van der Waals surface area contributed by atoms with Crippen LogP contribution in [0.25, 0.3) is 0 Å². The van der Waals surface area contributed by atoms with Gasteiger partial charge in [-0.2, -0.15) is 4.80 Å². The topological polar surface area (TPSA) is 43.6 Å². The van der Waals surface area contributed by atoms with Gasteiger partial charge in [-0.05, 0) is 25.0 Å². The fraction of sp³-hybridized carbons (Fsp3) is 0.909. The van der Waals surface area contributed by atoms with Crippen LogP contribution < -0.4 is 0 Å². The van der Waals surface area contributed by atoms with Crippen molar-refractivity contribution in [3.05, 3.63) is 5.82 Å². The summed E-state index contributed by atoms with van der Waals surface area (Å²) < 4.78 is 0. The summed E-state index contributed by atoms with van der Waals surface area (Å²) in [5.74, 6) is 0.775. The molecule has 4 nitrogen and oxygen atoms in total. The van der Waals surface area contributed by atoms with Gasteiger partial charge in [0.05, 0.1) is 6.04 Å². The fourth-order valence-corrected chi connectivity index (χ4v) is 1.59. The molecule has 0 aromatic carbocycles. The highest BCUT2D eigenvalue weighted by Crippen LogP contribution is 2.27. The Hall–Kier alpha value is -0.930. The first kappa shape index (κ1) is 12.1. The summed E-state index contributed by atoms with van der Waals surface area (Å²) >= 11 is 0. The molecule has 1 saturated carbocycles. The SMILES string of the molecule is CCCC.Cc1nnn(C2CCCC2)n1. The van der Waals surface area contributed by atoms with Gasteiger partial charge in [0.1, 0.15) is 0 Å². The lowest BCUT2D eigenvalue weighted by Crippen LogP contribution is -2.08. The van der Waals surface area contributed by atoms with Crippen molar-refractivity contribution in [1.82, 2.24) is 20.2 Å². The molecule has 1 aliphatic rings. The lowest BCUT2D eigenvalue weighted by molar-refractivity contribution is 0.404. The van der Waals surface area contributed by atoms with Crippen LogP contribution in [0.4, 0.5) is 0 Å². The highest BCUT2D eigenvalue weighted by Gasteiger charge is 2.18. The highest BCUT2D eigenvalue weighted by atomic mass is 15.6. The van der Waals surface area contributed by atoms with Gasteiger partial charge in [0.15, 0.2) is 5.82 Å². The maximum Gasteiger partial charge on any atom is 0.171 e. The first-order chi connectivity index (χ1) is 7.27. The van der Waals surface area contributed by atoms with E-state index in [1.807, 2.05) is 6.92 Å². The number of hydrogen-bond donors (Lipinski definition) is 0. The van der Waals surface area contributed by atoms with Crippen LogP contribution in [0, 0.1) is 6.92 Å². The minimum atomic E-state index is 0.524. The third-order valence-corrected chi connectivity index (χ3v) is 2.68. The van der Waals surface area contributed by atoms with Crippen molar-refractivity contribution in [2.45, 2.75) is 65.3 Å². The van der Waals surface area contributed by atoms with Gasteiger partial charge < -0.3 is 0 Å². The Morgan fingerprint density at radius 3 is 2.20 bits per heavy atom. The summed E-state index contributed by atoms with van der Waals surface area (Å²) in [7, 11) is 0. The molecule has 1 fully saturated rings. The average molecular weight is 210 g/mol. The maximum atomic E-state index is 4.19. The minimum absolute atomic E-state index is 0.524. The van der Waals surface area contributed by atoms with E-state index in [9.17, 15) is 0 Å². The van der Waals surface area contributed by atoms with E-state index in [0.29, 0.717) is 6.04 Å². The van der Waals surface area contributed by atoms with Crippen LogP contribution in [0.15, 0.2) is 0 Å². The second-order valence-electron chi connectivity index (χ2n) is 4.10. The number of hydrogen-bond acceptors (Lipinski definition) is 3. The summed E-state index contributed by atoms with van der Waals surface area (Å²) in [6.45, 7) is 6.23. The maximum absolute atomic E-state index is 4.19. The van der Waals surface area contributed by atoms with Crippen molar-refractivity contribution >= 4 is 0 Å². The Morgan fingerprint density at radius 1 is 1.20 bits per heavy atom. The number of unbranched alkanes of at least 4 members (excludes halogenated alkanes) is 1. The standard InChI is InChI=1S/C7H12N4.C4H10/c1-6-8-10-11(9-6)7-4-2-3-5-7;1-3-4-2/h7H,2-5H2,1H3;3-4H2,1-2H3. The van der Waals surface area contributed by atoms with Crippen molar-refractivity contribution in [2.24, 2.45) is 0 Å². The highest BCUT2D eigenvalue weighted by molar-refractivity contribution is 4.73. The van der Waals surface area contributed by atoms with E-state index in [4.69, 9.17) is 0 Å². The average Bonchev–Trinajstić information content (AvgIpc) is 2.88. The van der Waals surface area contributed by atoms with Gasteiger partial charge in [-0.25, -0.2) is 0 Å². The quantitative estimate of drug-likeness (QED) is 0.753. The molecule has 0 unspecified atom stereocenters. The molecule has 1 aromatic heterocycles. The molecule has 0 aliphatic heterocycles. The van der Waals surface area contributed by atoms with Crippen LogP contribution in [-0.4, -0.2) is 20.2 Å². The number of aromatic nitrogens is 4. The normalized spacial score (nSPS) is 16.2. The zero-order valence-electron chi connectivity index (χ0n) is 10.1. The Labute approximate surface area is 92.1 Å². The molecule has 0 saturated heterocycles. The van der Waals surface area contributed by atoms with Gasteiger partial charge in [0.2, 0.25) is 0 Å². The summed E-state index contributed by atoms with van der Waals surface area (Å²) in [6, 6.07) is 0.524. The summed E-state index contributed by atoms with van der Waals surface area (Å²) in [5, 5.41) is 12.0. The zero-order chi connectivity index (χ0) is 11.1. The minimum Gasteiger partial charge on any atom is -0.161 e.